The van der Waals surface area contributed by atoms with E-state index >= 15 is 0 Å². The third-order valence-electron chi connectivity index (χ3n) is 7.58. The molecule has 0 unspecified atom stereocenters. The molecule has 1 aliphatic carbocycles. The van der Waals surface area contributed by atoms with Crippen molar-refractivity contribution in [2.45, 2.75) is 76.2 Å². The Kier molecular flexibility index (Phi) is 11.7. The molecule has 1 aliphatic heterocycles. The molecule has 1 saturated carbocycles. The highest BCUT2D eigenvalue weighted by molar-refractivity contribution is 5.76. The molecule has 1 heterocycles. The molecule has 2 aliphatic rings. The molecule has 0 aromatic heterocycles. The van der Waals surface area contributed by atoms with E-state index in [4.69, 9.17) is 9.47 Å². The Morgan fingerprint density at radius 1 is 1.18 bits per heavy atom. The highest BCUT2D eigenvalue weighted by Gasteiger charge is 2.32. The van der Waals surface area contributed by atoms with E-state index in [-0.39, 0.29) is 6.10 Å². The van der Waals surface area contributed by atoms with Gasteiger partial charge in [0.2, 0.25) is 5.91 Å². The number of amides is 1. The second kappa shape index (κ2) is 14.7. The van der Waals surface area contributed by atoms with Crippen LogP contribution in [-0.4, -0.2) is 63.9 Å². The number of ether oxygens (including phenoxy) is 2. The van der Waals surface area contributed by atoms with Crippen molar-refractivity contribution in [1.82, 2.24) is 10.2 Å². The first-order valence-corrected chi connectivity index (χ1v) is 13.3. The average molecular weight is 459 g/mol. The highest BCUT2D eigenvalue weighted by Crippen LogP contribution is 2.32. The van der Waals surface area contributed by atoms with Crippen LogP contribution < -0.4 is 5.32 Å². The number of hydrogen-bond acceptors (Lipinski definition) is 4. The zero-order valence-corrected chi connectivity index (χ0v) is 21.0. The standard InChI is InChI=1S/C28H46N2O3/c1-29-21-24(19-23-11-5-3-6-12-23)20-28(31)30-16-18-33-27(22-30)26(15-9-10-17-32-2)25-13-7-4-8-14-25/h4,7-8,13-14,23-24,26-27,29H,3,5-6,9-12,15-22H2,1-2H3/t24-,26+,27-/m1/s1. The summed E-state index contributed by atoms with van der Waals surface area (Å²) in [5, 5.41) is 3.34. The third-order valence-corrected chi connectivity index (χ3v) is 7.58. The predicted molar refractivity (Wildman–Crippen MR) is 134 cm³/mol. The Labute approximate surface area is 201 Å². The number of benzene rings is 1. The Hall–Kier alpha value is -1.43. The van der Waals surface area contributed by atoms with E-state index in [1.165, 1.54) is 44.1 Å². The van der Waals surface area contributed by atoms with E-state index < -0.39 is 0 Å². The van der Waals surface area contributed by atoms with Gasteiger partial charge in [-0.25, -0.2) is 0 Å². The smallest absolute Gasteiger partial charge is 0.223 e. The van der Waals surface area contributed by atoms with Crippen molar-refractivity contribution in [3.8, 4) is 0 Å². The summed E-state index contributed by atoms with van der Waals surface area (Å²) in [5.74, 6) is 1.86. The third kappa shape index (κ3) is 8.70. The lowest BCUT2D eigenvalue weighted by atomic mass is 9.81. The van der Waals surface area contributed by atoms with Gasteiger partial charge in [0.05, 0.1) is 12.7 Å². The normalized spacial score (nSPS) is 21.6. The Bertz CT molecular complexity index is 662. The zero-order valence-electron chi connectivity index (χ0n) is 21.0. The van der Waals surface area contributed by atoms with Crippen LogP contribution in [-0.2, 0) is 14.3 Å². The maximum atomic E-state index is 13.4. The Morgan fingerprint density at radius 3 is 2.70 bits per heavy atom. The predicted octanol–water partition coefficient (Wildman–Crippen LogP) is 5.01. The first-order chi connectivity index (χ1) is 16.2. The number of methoxy groups -OCH3 is 1. The van der Waals surface area contributed by atoms with Crippen LogP contribution in [0.15, 0.2) is 30.3 Å². The number of hydrogen-bond donors (Lipinski definition) is 1. The molecule has 1 saturated heterocycles. The number of morpholine rings is 1. The molecular formula is C28H46N2O3. The van der Waals surface area contributed by atoms with Gasteiger partial charge in [0.15, 0.2) is 0 Å². The van der Waals surface area contributed by atoms with Gasteiger partial charge < -0.3 is 19.7 Å². The monoisotopic (exact) mass is 458 g/mol. The van der Waals surface area contributed by atoms with Crippen molar-refractivity contribution >= 4 is 5.91 Å². The minimum absolute atomic E-state index is 0.0636. The molecule has 1 aromatic carbocycles. The first kappa shape index (κ1) is 26.2. The Morgan fingerprint density at radius 2 is 1.97 bits per heavy atom. The van der Waals surface area contributed by atoms with Gasteiger partial charge in [0.1, 0.15) is 0 Å². The summed E-state index contributed by atoms with van der Waals surface area (Å²) < 4.78 is 11.5. The van der Waals surface area contributed by atoms with Gasteiger partial charge in [0, 0.05) is 39.1 Å². The van der Waals surface area contributed by atoms with E-state index in [2.05, 4.69) is 40.5 Å². The fourth-order valence-corrected chi connectivity index (χ4v) is 5.82. The van der Waals surface area contributed by atoms with Gasteiger partial charge >= 0.3 is 0 Å². The summed E-state index contributed by atoms with van der Waals surface area (Å²) in [6.45, 7) is 3.79. The SMILES string of the molecule is CNC[C@@H](CC(=O)N1CCO[C@@H]([C@@H](CCCCOC)c2ccccc2)C1)CC1CCCCC1. The quantitative estimate of drug-likeness (QED) is 0.422. The number of carbonyl (C=O) groups excluding carboxylic acids is 1. The van der Waals surface area contributed by atoms with Crippen molar-refractivity contribution in [2.24, 2.45) is 11.8 Å². The molecule has 5 heteroatoms. The van der Waals surface area contributed by atoms with Crippen LogP contribution in [0.4, 0.5) is 0 Å². The van der Waals surface area contributed by atoms with Crippen molar-refractivity contribution in [1.29, 1.82) is 0 Å². The van der Waals surface area contributed by atoms with Crippen LogP contribution in [0, 0.1) is 11.8 Å². The number of nitrogens with zero attached hydrogens (tertiary/aromatic N) is 1. The summed E-state index contributed by atoms with van der Waals surface area (Å²) >= 11 is 0. The topological polar surface area (TPSA) is 50.8 Å². The molecule has 0 spiro atoms. The van der Waals surface area contributed by atoms with Gasteiger partial charge in [0.25, 0.3) is 0 Å². The van der Waals surface area contributed by atoms with Crippen LogP contribution in [0.5, 0.6) is 0 Å². The molecule has 33 heavy (non-hydrogen) atoms. The maximum Gasteiger partial charge on any atom is 0.223 e. The molecular weight excluding hydrogens is 412 g/mol. The van der Waals surface area contributed by atoms with Crippen LogP contribution in [0.3, 0.4) is 0 Å². The highest BCUT2D eigenvalue weighted by atomic mass is 16.5. The van der Waals surface area contributed by atoms with Crippen LogP contribution in [0.2, 0.25) is 0 Å². The molecule has 2 fully saturated rings. The molecule has 3 atom stereocenters. The van der Waals surface area contributed by atoms with E-state index in [1.807, 2.05) is 7.05 Å². The minimum Gasteiger partial charge on any atom is -0.385 e. The largest absolute Gasteiger partial charge is 0.385 e. The van der Waals surface area contributed by atoms with Crippen LogP contribution >= 0.6 is 0 Å². The lowest BCUT2D eigenvalue weighted by Crippen LogP contribution is -2.48. The fraction of sp³-hybridized carbons (Fsp3) is 0.750. The van der Waals surface area contributed by atoms with Crippen molar-refractivity contribution in [3.63, 3.8) is 0 Å². The van der Waals surface area contributed by atoms with E-state index in [1.54, 1.807) is 7.11 Å². The molecule has 0 bridgehead atoms. The van der Waals surface area contributed by atoms with Crippen molar-refractivity contribution in [3.05, 3.63) is 35.9 Å². The van der Waals surface area contributed by atoms with Crippen LogP contribution in [0.25, 0.3) is 0 Å². The van der Waals surface area contributed by atoms with E-state index in [0.29, 0.717) is 37.3 Å². The molecule has 1 N–H and O–H groups in total. The molecule has 186 valence electrons. The molecule has 3 rings (SSSR count). The second-order valence-electron chi connectivity index (χ2n) is 10.1. The summed E-state index contributed by atoms with van der Waals surface area (Å²) in [7, 11) is 3.77. The summed E-state index contributed by atoms with van der Waals surface area (Å²) in [5.41, 5.74) is 1.32. The first-order valence-electron chi connectivity index (χ1n) is 13.3. The summed E-state index contributed by atoms with van der Waals surface area (Å²) in [6, 6.07) is 10.7. The molecule has 0 radical (unpaired) electrons. The lowest BCUT2D eigenvalue weighted by molar-refractivity contribution is -0.141. The number of nitrogens with one attached hydrogen (secondary N) is 1. The zero-order chi connectivity index (χ0) is 23.3. The minimum atomic E-state index is 0.0636. The van der Waals surface area contributed by atoms with Gasteiger partial charge in [-0.3, -0.25) is 4.79 Å². The summed E-state index contributed by atoms with van der Waals surface area (Å²) in [4.78, 5) is 15.4. The number of carbonyl (C=O) groups is 1. The number of unbranched alkanes of at least 4 members (excludes halogenated alkanes) is 1. The van der Waals surface area contributed by atoms with Gasteiger partial charge in [-0.05, 0) is 50.3 Å². The van der Waals surface area contributed by atoms with Crippen LogP contribution in [0.1, 0.15) is 75.7 Å². The lowest BCUT2D eigenvalue weighted by Gasteiger charge is -2.38. The van der Waals surface area contributed by atoms with Gasteiger partial charge in [-0.15, -0.1) is 0 Å². The summed E-state index contributed by atoms with van der Waals surface area (Å²) in [6.07, 6.45) is 11.9. The maximum absolute atomic E-state index is 13.4. The Balaban J connectivity index is 1.59. The molecule has 1 aromatic rings. The van der Waals surface area contributed by atoms with Crippen molar-refractivity contribution < 1.29 is 14.3 Å². The molecule has 1 amide bonds. The molecule has 5 nitrogen and oxygen atoms in total. The van der Waals surface area contributed by atoms with Crippen molar-refractivity contribution in [2.75, 3.05) is 47.0 Å². The van der Waals surface area contributed by atoms with Gasteiger partial charge in [-0.2, -0.15) is 0 Å². The van der Waals surface area contributed by atoms with E-state index in [9.17, 15) is 4.79 Å². The number of rotatable bonds is 13. The van der Waals surface area contributed by atoms with Gasteiger partial charge in [-0.1, -0.05) is 68.9 Å². The van der Waals surface area contributed by atoms with E-state index in [0.717, 1.165) is 44.9 Å². The fourth-order valence-electron chi connectivity index (χ4n) is 5.82. The second-order valence-corrected chi connectivity index (χ2v) is 10.1. The average Bonchev–Trinajstić information content (AvgIpc) is 2.85.